The molecular weight excluding hydrogens is 248 g/mol. The molecule has 1 heterocycles. The summed E-state index contributed by atoms with van der Waals surface area (Å²) in [6.45, 7) is 4.87. The Balaban J connectivity index is 1.90. The van der Waals surface area contributed by atoms with E-state index in [1.807, 2.05) is 12.1 Å². The lowest BCUT2D eigenvalue weighted by molar-refractivity contribution is 0.303. The molecule has 0 radical (unpaired) electrons. The molecule has 3 nitrogen and oxygen atoms in total. The van der Waals surface area contributed by atoms with Gasteiger partial charge in [0, 0.05) is 6.20 Å². The van der Waals surface area contributed by atoms with Crippen LogP contribution in [-0.2, 0) is 13.0 Å². The van der Waals surface area contributed by atoms with Gasteiger partial charge in [0.05, 0.1) is 6.20 Å². The van der Waals surface area contributed by atoms with Crippen LogP contribution in [0.1, 0.15) is 24.5 Å². The number of aromatic nitrogens is 1. The van der Waals surface area contributed by atoms with E-state index in [1.54, 1.807) is 12.4 Å². The summed E-state index contributed by atoms with van der Waals surface area (Å²) in [5.74, 6) is 0.811. The van der Waals surface area contributed by atoms with Gasteiger partial charge in [-0.2, -0.15) is 0 Å². The van der Waals surface area contributed by atoms with Crippen LogP contribution in [0.3, 0.4) is 0 Å². The van der Waals surface area contributed by atoms with Crippen LogP contribution >= 0.6 is 0 Å². The molecule has 0 aliphatic carbocycles. The molecule has 0 saturated carbocycles. The maximum absolute atomic E-state index is 5.78. The Kier molecular flexibility index (Phi) is 6.06. The Morgan fingerprint density at radius 1 is 1.05 bits per heavy atom. The quantitative estimate of drug-likeness (QED) is 0.748. The molecule has 20 heavy (non-hydrogen) atoms. The molecular formula is C17H22N2O. The van der Waals surface area contributed by atoms with Crippen molar-refractivity contribution in [1.29, 1.82) is 0 Å². The van der Waals surface area contributed by atoms with Gasteiger partial charge in [-0.25, -0.2) is 0 Å². The molecule has 1 aromatic carbocycles. The largest absolute Gasteiger partial charge is 0.487 e. The first kappa shape index (κ1) is 14.5. The van der Waals surface area contributed by atoms with E-state index < -0.39 is 0 Å². The summed E-state index contributed by atoms with van der Waals surface area (Å²) in [6.07, 6.45) is 5.70. The number of nitrogens with one attached hydrogen (secondary N) is 1. The summed E-state index contributed by atoms with van der Waals surface area (Å²) >= 11 is 0. The summed E-state index contributed by atoms with van der Waals surface area (Å²) in [6, 6.07) is 12.3. The van der Waals surface area contributed by atoms with Gasteiger partial charge in [-0.05, 0) is 49.2 Å². The molecule has 1 N–H and O–H groups in total. The fourth-order valence-electron chi connectivity index (χ4n) is 2.06. The summed E-state index contributed by atoms with van der Waals surface area (Å²) in [5.41, 5.74) is 2.59. The zero-order chi connectivity index (χ0) is 14.0. The normalized spacial score (nSPS) is 10.4. The predicted octanol–water partition coefficient (Wildman–Crippen LogP) is 3.20. The van der Waals surface area contributed by atoms with Gasteiger partial charge in [0.15, 0.2) is 0 Å². The lowest BCUT2D eigenvalue weighted by atomic mass is 10.1. The van der Waals surface area contributed by atoms with Gasteiger partial charge < -0.3 is 10.1 Å². The summed E-state index contributed by atoms with van der Waals surface area (Å²) in [4.78, 5) is 4.05. The Labute approximate surface area is 121 Å². The van der Waals surface area contributed by atoms with E-state index in [0.29, 0.717) is 6.61 Å². The van der Waals surface area contributed by atoms with E-state index in [0.717, 1.165) is 25.3 Å². The summed E-state index contributed by atoms with van der Waals surface area (Å²) in [5, 5.41) is 3.43. The van der Waals surface area contributed by atoms with Gasteiger partial charge in [-0.15, -0.1) is 0 Å². The minimum Gasteiger partial charge on any atom is -0.487 e. The number of rotatable bonds is 8. The van der Waals surface area contributed by atoms with E-state index in [9.17, 15) is 0 Å². The zero-order valence-electron chi connectivity index (χ0n) is 12.0. The highest BCUT2D eigenvalue weighted by molar-refractivity contribution is 5.27. The predicted molar refractivity (Wildman–Crippen MR) is 81.9 cm³/mol. The van der Waals surface area contributed by atoms with E-state index in [-0.39, 0.29) is 0 Å². The van der Waals surface area contributed by atoms with Crippen LogP contribution in [0.4, 0.5) is 0 Å². The second-order valence-electron chi connectivity index (χ2n) is 4.75. The fourth-order valence-corrected chi connectivity index (χ4v) is 2.06. The highest BCUT2D eigenvalue weighted by Gasteiger charge is 2.02. The standard InChI is InChI=1S/C17H22N2O/c1-2-10-18-12-9-15-6-3-4-7-16(15)14-20-17-8-5-11-19-13-17/h3-8,11,13,18H,2,9-10,12,14H2,1H3. The van der Waals surface area contributed by atoms with Crippen LogP contribution in [0.2, 0.25) is 0 Å². The monoisotopic (exact) mass is 270 g/mol. The second kappa shape index (κ2) is 8.33. The highest BCUT2D eigenvalue weighted by atomic mass is 16.5. The second-order valence-corrected chi connectivity index (χ2v) is 4.75. The molecule has 106 valence electrons. The topological polar surface area (TPSA) is 34.1 Å². The molecule has 0 amide bonds. The van der Waals surface area contributed by atoms with Crippen LogP contribution in [-0.4, -0.2) is 18.1 Å². The Bertz CT molecular complexity index is 499. The molecule has 0 fully saturated rings. The maximum atomic E-state index is 5.78. The van der Waals surface area contributed by atoms with Crippen molar-refractivity contribution in [1.82, 2.24) is 10.3 Å². The average molecular weight is 270 g/mol. The first-order valence-electron chi connectivity index (χ1n) is 7.20. The van der Waals surface area contributed by atoms with Gasteiger partial charge in [0.1, 0.15) is 12.4 Å². The van der Waals surface area contributed by atoms with Crippen molar-refractivity contribution in [3.8, 4) is 5.75 Å². The van der Waals surface area contributed by atoms with E-state index in [4.69, 9.17) is 4.74 Å². The highest BCUT2D eigenvalue weighted by Crippen LogP contribution is 2.14. The van der Waals surface area contributed by atoms with Crippen molar-refractivity contribution in [3.05, 3.63) is 59.9 Å². The van der Waals surface area contributed by atoms with E-state index in [2.05, 4.69) is 41.5 Å². The van der Waals surface area contributed by atoms with Crippen molar-refractivity contribution in [3.63, 3.8) is 0 Å². The molecule has 3 heteroatoms. The van der Waals surface area contributed by atoms with Crippen LogP contribution < -0.4 is 10.1 Å². The van der Waals surface area contributed by atoms with Crippen molar-refractivity contribution in [2.75, 3.05) is 13.1 Å². The molecule has 0 spiro atoms. The molecule has 0 atom stereocenters. The van der Waals surface area contributed by atoms with Gasteiger partial charge in [-0.3, -0.25) is 4.98 Å². The van der Waals surface area contributed by atoms with E-state index >= 15 is 0 Å². The lowest BCUT2D eigenvalue weighted by Crippen LogP contribution is -2.18. The molecule has 0 aliphatic heterocycles. The number of benzene rings is 1. The van der Waals surface area contributed by atoms with Crippen LogP contribution in [0.25, 0.3) is 0 Å². The smallest absolute Gasteiger partial charge is 0.138 e. The molecule has 2 rings (SSSR count). The van der Waals surface area contributed by atoms with Gasteiger partial charge in [0.2, 0.25) is 0 Å². The van der Waals surface area contributed by atoms with Gasteiger partial charge in [-0.1, -0.05) is 31.2 Å². The third-order valence-electron chi connectivity index (χ3n) is 3.15. The van der Waals surface area contributed by atoms with Crippen molar-refractivity contribution in [2.24, 2.45) is 0 Å². The Morgan fingerprint density at radius 3 is 2.65 bits per heavy atom. The van der Waals surface area contributed by atoms with Crippen LogP contribution in [0, 0.1) is 0 Å². The summed E-state index contributed by atoms with van der Waals surface area (Å²) < 4.78 is 5.78. The Morgan fingerprint density at radius 2 is 1.90 bits per heavy atom. The summed E-state index contributed by atoms with van der Waals surface area (Å²) in [7, 11) is 0. The van der Waals surface area contributed by atoms with Gasteiger partial charge in [0.25, 0.3) is 0 Å². The molecule has 0 saturated heterocycles. The maximum Gasteiger partial charge on any atom is 0.138 e. The number of hydrogen-bond acceptors (Lipinski definition) is 3. The van der Waals surface area contributed by atoms with E-state index in [1.165, 1.54) is 17.5 Å². The van der Waals surface area contributed by atoms with Crippen molar-refractivity contribution < 1.29 is 4.74 Å². The van der Waals surface area contributed by atoms with Crippen LogP contribution in [0.5, 0.6) is 5.75 Å². The number of nitrogens with zero attached hydrogens (tertiary/aromatic N) is 1. The van der Waals surface area contributed by atoms with Crippen LogP contribution in [0.15, 0.2) is 48.8 Å². The number of hydrogen-bond donors (Lipinski definition) is 1. The third-order valence-corrected chi connectivity index (χ3v) is 3.15. The Hall–Kier alpha value is -1.87. The van der Waals surface area contributed by atoms with Crippen molar-refractivity contribution in [2.45, 2.75) is 26.4 Å². The minimum absolute atomic E-state index is 0.593. The molecule has 0 aliphatic rings. The average Bonchev–Trinajstić information content (AvgIpc) is 2.51. The number of ether oxygens (including phenoxy) is 1. The lowest BCUT2D eigenvalue weighted by Gasteiger charge is -2.11. The molecule has 0 unspecified atom stereocenters. The fraction of sp³-hybridized carbons (Fsp3) is 0.353. The molecule has 1 aromatic heterocycles. The first-order valence-corrected chi connectivity index (χ1v) is 7.20. The van der Waals surface area contributed by atoms with Crippen molar-refractivity contribution >= 4 is 0 Å². The minimum atomic E-state index is 0.593. The third kappa shape index (κ3) is 4.67. The molecule has 2 aromatic rings. The number of pyridine rings is 1. The first-order chi connectivity index (χ1) is 9.90. The molecule has 0 bridgehead atoms. The SMILES string of the molecule is CCCNCCc1ccccc1COc1cccnc1. The zero-order valence-corrected chi connectivity index (χ0v) is 12.0. The van der Waals surface area contributed by atoms with Gasteiger partial charge >= 0.3 is 0 Å².